The number of esters is 1. The molecule has 71 heavy (non-hydrogen) atoms. The van der Waals surface area contributed by atoms with Gasteiger partial charge in [-0.1, -0.05) is 44.9 Å². The molecular weight excluding hydrogens is 907 g/mol. The molecule has 4 saturated heterocycles. The number of ether oxygens (including phenoxy) is 2. The molecule has 7 heterocycles. The molecule has 2 aromatic heterocycles. The van der Waals surface area contributed by atoms with Crippen molar-refractivity contribution >= 4 is 34.6 Å². The van der Waals surface area contributed by atoms with Gasteiger partial charge >= 0.3 is 5.97 Å². The van der Waals surface area contributed by atoms with Crippen molar-refractivity contribution in [3.8, 4) is 22.4 Å². The van der Waals surface area contributed by atoms with Crippen LogP contribution in [0.2, 0.25) is 0 Å². The molecule has 3 N–H and O–H groups in total. The lowest BCUT2D eigenvalue weighted by atomic mass is 9.84. The molecule has 0 radical (unpaired) electrons. The number of carbonyl (C=O) groups excluding carboxylic acids is 4. The lowest BCUT2D eigenvalue weighted by molar-refractivity contribution is -0.155. The van der Waals surface area contributed by atoms with E-state index in [1.807, 2.05) is 36.1 Å². The van der Waals surface area contributed by atoms with Crippen molar-refractivity contribution < 1.29 is 37.4 Å². The maximum atomic E-state index is 15.1. The zero-order valence-corrected chi connectivity index (χ0v) is 41.9. The number of methoxy groups -OCH3 is 1. The average Bonchev–Trinajstić information content (AvgIpc) is 3.62. The molecule has 16 heteroatoms. The second-order valence-electron chi connectivity index (χ2n) is 22.1. The van der Waals surface area contributed by atoms with Crippen molar-refractivity contribution in [3.05, 3.63) is 77.1 Å². The molecule has 6 aliphatic rings. The number of pyridine rings is 1. The molecule has 5 aliphatic heterocycles. The average molecular weight is 977 g/mol. The van der Waals surface area contributed by atoms with Crippen LogP contribution in [0.5, 0.6) is 0 Å². The molecule has 0 unspecified atom stereocenters. The maximum Gasteiger partial charge on any atom is 0.324 e. The number of nitrogens with zero attached hydrogens (tertiary/aromatic N) is 5. The Morgan fingerprint density at radius 1 is 0.986 bits per heavy atom. The molecule has 10 rings (SSSR count). The number of halogens is 2. The van der Waals surface area contributed by atoms with Crippen molar-refractivity contribution in [2.24, 2.45) is 16.7 Å². The van der Waals surface area contributed by atoms with Crippen LogP contribution in [0, 0.1) is 16.7 Å². The van der Waals surface area contributed by atoms with Gasteiger partial charge in [-0.05, 0) is 124 Å². The zero-order chi connectivity index (χ0) is 49.8. The minimum atomic E-state index is -2.80. The highest BCUT2D eigenvalue weighted by atomic mass is 19.3. The Morgan fingerprint density at radius 2 is 1.77 bits per heavy atom. The van der Waals surface area contributed by atoms with Crippen LogP contribution in [-0.4, -0.2) is 125 Å². The second-order valence-corrected chi connectivity index (χ2v) is 22.1. The van der Waals surface area contributed by atoms with E-state index in [9.17, 15) is 9.59 Å². The van der Waals surface area contributed by atoms with E-state index in [0.717, 1.165) is 84.1 Å². The fourth-order valence-corrected chi connectivity index (χ4v) is 12.6. The number of hydrogen-bond acceptors (Lipinski definition) is 10. The maximum absolute atomic E-state index is 15.1. The molecule has 1 aliphatic carbocycles. The van der Waals surface area contributed by atoms with Crippen LogP contribution in [-0.2, 0) is 48.0 Å². The summed E-state index contributed by atoms with van der Waals surface area (Å²) in [6.45, 7) is 12.7. The van der Waals surface area contributed by atoms with E-state index in [-0.39, 0.29) is 60.4 Å². The third kappa shape index (κ3) is 9.98. The van der Waals surface area contributed by atoms with Gasteiger partial charge in [-0.3, -0.25) is 34.1 Å². The van der Waals surface area contributed by atoms with Crippen LogP contribution in [0.15, 0.2) is 54.7 Å². The number of fused-ring (bicyclic) bond motifs is 6. The number of aromatic nitrogens is 2. The van der Waals surface area contributed by atoms with Crippen LogP contribution in [0.3, 0.4) is 0 Å². The summed E-state index contributed by atoms with van der Waals surface area (Å²) in [6, 6.07) is 12.3. The molecule has 1 spiro atoms. The van der Waals surface area contributed by atoms with E-state index in [1.165, 1.54) is 17.1 Å². The van der Waals surface area contributed by atoms with Gasteiger partial charge in [0.25, 0.3) is 12.3 Å². The fraction of sp³-hybridized carbons (Fsp3) is 0.582. The third-order valence-electron chi connectivity index (χ3n) is 16.4. The fourth-order valence-electron chi connectivity index (χ4n) is 12.6. The summed E-state index contributed by atoms with van der Waals surface area (Å²) in [5.41, 5.74) is 8.73. The number of amides is 3. The SMILES string of the molecule is CCn1c(-c2cccnc2[C@H](C)OC)c2c3cc(ccc31)-c1cc(cc(C(F)F)c1)C[C@H](NC(=O)[C@H](C1CCCC1)N1CC[C@]3(CCN(C(=O)[C@H]4CN4)C3)C1)C(=O)N1CCC[C@H](N1)C(=O)OCC(C)(C)C2. The van der Waals surface area contributed by atoms with E-state index in [2.05, 4.69) is 58.4 Å². The van der Waals surface area contributed by atoms with Crippen molar-refractivity contribution in [2.45, 2.75) is 135 Å². The minimum absolute atomic E-state index is 0.0570. The van der Waals surface area contributed by atoms with Crippen LogP contribution < -0.4 is 16.1 Å². The van der Waals surface area contributed by atoms with Crippen molar-refractivity contribution in [1.29, 1.82) is 0 Å². The van der Waals surface area contributed by atoms with E-state index >= 15 is 18.4 Å². The quantitative estimate of drug-likeness (QED) is 0.110. The summed E-state index contributed by atoms with van der Waals surface area (Å²) in [5.74, 6) is -0.940. The molecule has 5 fully saturated rings. The van der Waals surface area contributed by atoms with Gasteiger partial charge < -0.3 is 29.6 Å². The largest absolute Gasteiger partial charge is 0.464 e. The smallest absolute Gasteiger partial charge is 0.324 e. The first-order valence-electron chi connectivity index (χ1n) is 26.0. The molecule has 6 atom stereocenters. The number of aryl methyl sites for hydroxylation is 1. The van der Waals surface area contributed by atoms with Gasteiger partial charge in [-0.25, -0.2) is 14.2 Å². The Balaban J connectivity index is 1.04. The molecule has 380 valence electrons. The topological polar surface area (TPSA) is 160 Å². The molecule has 4 aromatic rings. The second kappa shape index (κ2) is 20.0. The highest BCUT2D eigenvalue weighted by molar-refractivity contribution is 5.96. The van der Waals surface area contributed by atoms with E-state index in [0.29, 0.717) is 63.1 Å². The number of hydrogen-bond donors (Lipinski definition) is 3. The van der Waals surface area contributed by atoms with E-state index in [4.69, 9.17) is 14.5 Å². The van der Waals surface area contributed by atoms with E-state index in [1.54, 1.807) is 13.3 Å². The number of rotatable bonds is 10. The predicted octanol–water partition coefficient (Wildman–Crippen LogP) is 7.14. The number of benzene rings is 2. The van der Waals surface area contributed by atoms with Crippen LogP contribution in [0.4, 0.5) is 8.78 Å². The van der Waals surface area contributed by atoms with Gasteiger partial charge in [0.1, 0.15) is 12.1 Å². The monoisotopic (exact) mass is 977 g/mol. The molecular formula is C55H70F2N8O6. The van der Waals surface area contributed by atoms with Crippen molar-refractivity contribution in [2.75, 3.05) is 53.0 Å². The Morgan fingerprint density at radius 3 is 2.52 bits per heavy atom. The van der Waals surface area contributed by atoms with Crippen LogP contribution in [0.1, 0.15) is 114 Å². The number of hydrazine groups is 1. The normalized spacial score (nSPS) is 26.0. The summed E-state index contributed by atoms with van der Waals surface area (Å²) in [5, 5.41) is 8.72. The number of carbonyl (C=O) groups is 4. The lowest BCUT2D eigenvalue weighted by Gasteiger charge is -2.37. The highest BCUT2D eigenvalue weighted by Crippen LogP contribution is 2.45. The Labute approximate surface area is 415 Å². The summed E-state index contributed by atoms with van der Waals surface area (Å²) >= 11 is 0. The van der Waals surface area contributed by atoms with Gasteiger partial charge in [-0.2, -0.15) is 0 Å². The molecule has 3 amide bonds. The van der Waals surface area contributed by atoms with Gasteiger partial charge in [0, 0.05) is 91.9 Å². The van der Waals surface area contributed by atoms with Gasteiger partial charge in [0.05, 0.1) is 36.2 Å². The summed E-state index contributed by atoms with van der Waals surface area (Å²) in [6.07, 6.45) is 5.60. The summed E-state index contributed by atoms with van der Waals surface area (Å²) < 4.78 is 44.5. The standard InChI is InChI=1S/C55H70F2N8O6/c1-6-64-45-16-15-36-27-40(45)41(48(64)39-13-9-19-58-46(39)33(2)70-5)28-54(3,4)32-71-53(69)42-14-10-20-65(61-42)52(68)43(25-34-23-37(36)26-38(24-34)49(56)57)60-50(66)47(35-11-7-8-12-35)62-21-17-55(30-62)18-22-63(31-55)51(67)44-29-59-44/h9,13,15-16,19,23-24,26-27,33,35,42-44,47,49,59,61H,6-8,10-12,14,17-18,20-22,25,28-32H2,1-5H3,(H,60,66)/t33-,42-,43-,44+,47-,55-/m0/s1. The van der Waals surface area contributed by atoms with Crippen molar-refractivity contribution in [1.82, 2.24) is 40.4 Å². The molecule has 14 nitrogen and oxygen atoms in total. The first kappa shape index (κ1) is 49.3. The molecule has 6 bridgehead atoms. The lowest BCUT2D eigenvalue weighted by Crippen LogP contribution is -2.62. The number of alkyl halides is 2. The molecule has 1 saturated carbocycles. The van der Waals surface area contributed by atoms with Gasteiger partial charge in [0.2, 0.25) is 11.8 Å². The number of nitrogens with one attached hydrogen (secondary N) is 3. The minimum Gasteiger partial charge on any atom is -0.464 e. The predicted molar refractivity (Wildman–Crippen MR) is 266 cm³/mol. The number of cyclic esters (lactones) is 1. The highest BCUT2D eigenvalue weighted by Gasteiger charge is 2.50. The summed E-state index contributed by atoms with van der Waals surface area (Å²) in [4.78, 5) is 66.4. The molecule has 2 aromatic carbocycles. The van der Waals surface area contributed by atoms with Crippen LogP contribution in [0.25, 0.3) is 33.3 Å². The van der Waals surface area contributed by atoms with Crippen molar-refractivity contribution in [3.63, 3.8) is 0 Å². The van der Waals surface area contributed by atoms with E-state index < -0.39 is 41.8 Å². The van der Waals surface area contributed by atoms with Gasteiger partial charge in [-0.15, -0.1) is 0 Å². The Hall–Kier alpha value is -5.29. The third-order valence-corrected chi connectivity index (χ3v) is 16.4. The first-order chi connectivity index (χ1) is 34.1. The zero-order valence-electron chi connectivity index (χ0n) is 41.9. The summed E-state index contributed by atoms with van der Waals surface area (Å²) in [7, 11) is 1.66. The van der Waals surface area contributed by atoms with Gasteiger partial charge in [0.15, 0.2) is 0 Å². The number of likely N-dealkylation sites (tertiary alicyclic amines) is 2. The first-order valence-corrected chi connectivity index (χ1v) is 26.0. The Bertz CT molecular complexity index is 2680. The van der Waals surface area contributed by atoms with Crippen LogP contribution >= 0.6 is 0 Å². The Kier molecular flexibility index (Phi) is 13.9.